The molecule has 2 heterocycles. The Labute approximate surface area is 176 Å². The van der Waals surface area contributed by atoms with Crippen LogP contribution in [0.3, 0.4) is 0 Å². The minimum Gasteiger partial charge on any atom is -0.497 e. The maximum Gasteiger partial charge on any atom is 0.294 e. The molecule has 1 saturated heterocycles. The summed E-state index contributed by atoms with van der Waals surface area (Å²) in [5.74, 6) is 0.310. The molecule has 1 aromatic carbocycles. The van der Waals surface area contributed by atoms with Gasteiger partial charge in [0, 0.05) is 6.54 Å². The number of ether oxygens (including phenoxy) is 1. The maximum absolute atomic E-state index is 12.8. The van der Waals surface area contributed by atoms with E-state index >= 15 is 0 Å². The summed E-state index contributed by atoms with van der Waals surface area (Å²) in [5.41, 5.74) is 0.753. The zero-order valence-corrected chi connectivity index (χ0v) is 17.9. The summed E-state index contributed by atoms with van der Waals surface area (Å²) >= 11 is 7.73. The van der Waals surface area contributed by atoms with Gasteiger partial charge in [-0.15, -0.1) is 22.3 Å². The van der Waals surface area contributed by atoms with E-state index in [4.69, 9.17) is 16.3 Å². The minimum atomic E-state index is -3.98. The van der Waals surface area contributed by atoms with Crippen molar-refractivity contribution >= 4 is 61.9 Å². The zero-order valence-electron chi connectivity index (χ0n) is 14.7. The van der Waals surface area contributed by atoms with Crippen molar-refractivity contribution in [1.29, 1.82) is 0 Å². The Balaban J connectivity index is 1.98. The molecule has 2 aromatic rings. The number of hydrogen-bond donors (Lipinski definition) is 0. The van der Waals surface area contributed by atoms with Crippen molar-refractivity contribution in [2.24, 2.45) is 4.40 Å². The molecule has 1 amide bonds. The molecule has 1 aromatic heterocycles. The quantitative estimate of drug-likeness (QED) is 0.481. The Hall–Kier alpha value is -2.07. The van der Waals surface area contributed by atoms with Gasteiger partial charge in [0.15, 0.2) is 5.17 Å². The van der Waals surface area contributed by atoms with Crippen LogP contribution in [0.25, 0.3) is 6.08 Å². The fourth-order valence-electron chi connectivity index (χ4n) is 2.33. The van der Waals surface area contributed by atoms with Gasteiger partial charge in [-0.3, -0.25) is 9.69 Å². The number of halogens is 1. The molecule has 0 atom stereocenters. The first-order valence-corrected chi connectivity index (χ1v) is 11.4. The van der Waals surface area contributed by atoms with E-state index < -0.39 is 10.0 Å². The smallest absolute Gasteiger partial charge is 0.294 e. The number of nitrogens with zero attached hydrogens (tertiary/aromatic N) is 2. The number of thiophene rings is 1. The van der Waals surface area contributed by atoms with Crippen molar-refractivity contribution in [2.45, 2.75) is 4.21 Å². The van der Waals surface area contributed by atoms with Gasteiger partial charge in [0.1, 0.15) is 9.96 Å². The minimum absolute atomic E-state index is 0.0156. The lowest BCUT2D eigenvalue weighted by molar-refractivity contribution is -0.121. The highest BCUT2D eigenvalue weighted by atomic mass is 35.5. The highest BCUT2D eigenvalue weighted by Gasteiger charge is 2.34. The lowest BCUT2D eigenvalue weighted by Crippen LogP contribution is -2.29. The number of carbonyl (C=O) groups is 1. The summed E-state index contributed by atoms with van der Waals surface area (Å²) in [6.07, 6.45) is 3.18. The molecule has 0 radical (unpaired) electrons. The molecule has 0 unspecified atom stereocenters. The monoisotopic (exact) mass is 454 g/mol. The number of carbonyl (C=O) groups excluding carboxylic acids is 1. The number of methoxy groups -OCH3 is 1. The van der Waals surface area contributed by atoms with E-state index in [0.717, 1.165) is 28.7 Å². The van der Waals surface area contributed by atoms with E-state index in [9.17, 15) is 13.2 Å². The van der Waals surface area contributed by atoms with Gasteiger partial charge in [0.2, 0.25) is 0 Å². The topological polar surface area (TPSA) is 76.0 Å². The number of amidine groups is 1. The Morgan fingerprint density at radius 2 is 2.11 bits per heavy atom. The van der Waals surface area contributed by atoms with Crippen LogP contribution in [0.15, 0.2) is 62.6 Å². The molecule has 0 aliphatic carbocycles. The normalized spacial score (nSPS) is 17.5. The van der Waals surface area contributed by atoms with Gasteiger partial charge < -0.3 is 4.74 Å². The molecule has 10 heteroatoms. The molecule has 0 saturated carbocycles. The summed E-state index contributed by atoms with van der Waals surface area (Å²) in [6.45, 7) is 3.76. The van der Waals surface area contributed by atoms with Crippen LogP contribution in [0.4, 0.5) is 0 Å². The van der Waals surface area contributed by atoms with Crippen molar-refractivity contribution in [1.82, 2.24) is 4.90 Å². The average Bonchev–Trinajstić information content (AvgIpc) is 3.22. The van der Waals surface area contributed by atoms with Crippen molar-refractivity contribution in [3.63, 3.8) is 0 Å². The fourth-order valence-corrected chi connectivity index (χ4v) is 5.98. The van der Waals surface area contributed by atoms with Gasteiger partial charge in [-0.05, 0) is 47.7 Å². The first-order valence-electron chi connectivity index (χ1n) is 7.90. The second-order valence-corrected chi connectivity index (χ2v) is 10.1. The van der Waals surface area contributed by atoms with Crippen LogP contribution in [0, 0.1) is 0 Å². The Kier molecular flexibility index (Phi) is 6.29. The average molecular weight is 455 g/mol. The van der Waals surface area contributed by atoms with Crippen LogP contribution in [0.2, 0.25) is 4.34 Å². The molecule has 146 valence electrons. The van der Waals surface area contributed by atoms with Crippen LogP contribution >= 0.6 is 34.7 Å². The van der Waals surface area contributed by atoms with Crippen LogP contribution in [-0.2, 0) is 14.8 Å². The van der Waals surface area contributed by atoms with E-state index in [1.165, 1.54) is 23.1 Å². The molecule has 1 fully saturated rings. The number of sulfonamides is 1. The van der Waals surface area contributed by atoms with Crippen molar-refractivity contribution in [3.8, 4) is 5.75 Å². The molecule has 3 rings (SSSR count). The van der Waals surface area contributed by atoms with E-state index in [-0.39, 0.29) is 21.8 Å². The predicted octanol–water partition coefficient (Wildman–Crippen LogP) is 4.26. The van der Waals surface area contributed by atoms with E-state index in [1.54, 1.807) is 31.4 Å². The van der Waals surface area contributed by atoms with E-state index in [1.807, 2.05) is 6.07 Å². The molecule has 1 aliphatic heterocycles. The van der Waals surface area contributed by atoms with Crippen LogP contribution in [-0.4, -0.2) is 38.0 Å². The second-order valence-electron chi connectivity index (χ2n) is 5.50. The molecule has 1 aliphatic rings. The lowest BCUT2D eigenvalue weighted by atomic mass is 10.2. The summed E-state index contributed by atoms with van der Waals surface area (Å²) in [5, 5.41) is 0.0727. The van der Waals surface area contributed by atoms with E-state index in [2.05, 4.69) is 11.0 Å². The number of rotatable bonds is 6. The zero-order chi connectivity index (χ0) is 20.3. The highest BCUT2D eigenvalue weighted by molar-refractivity contribution is 8.19. The third-order valence-corrected chi connectivity index (χ3v) is 7.68. The fraction of sp³-hybridized carbons (Fsp3) is 0.111. The molecule has 0 N–H and O–H groups in total. The van der Waals surface area contributed by atoms with Gasteiger partial charge in [-0.25, -0.2) is 0 Å². The Bertz CT molecular complexity index is 1090. The standard InChI is InChI=1S/C18H15ClN2O4S3/c1-3-9-21-17(22)14(11-12-5-4-6-13(10-12)25-2)26-18(21)20-28(23,24)16-8-7-15(19)27-16/h3-8,10-11H,1,9H2,2H3/b14-11-,20-18-. The molecule has 0 spiro atoms. The first-order chi connectivity index (χ1) is 13.3. The molecule has 6 nitrogen and oxygen atoms in total. The molecule has 28 heavy (non-hydrogen) atoms. The largest absolute Gasteiger partial charge is 0.497 e. The number of hydrogen-bond acceptors (Lipinski definition) is 6. The summed E-state index contributed by atoms with van der Waals surface area (Å²) in [4.78, 5) is 14.4. The summed E-state index contributed by atoms with van der Waals surface area (Å²) in [6, 6.07) is 10.1. The third-order valence-electron chi connectivity index (χ3n) is 3.59. The summed E-state index contributed by atoms with van der Waals surface area (Å²) < 4.78 is 34.5. The number of thioether (sulfide) groups is 1. The summed E-state index contributed by atoms with van der Waals surface area (Å²) in [7, 11) is -2.42. The van der Waals surface area contributed by atoms with Crippen LogP contribution in [0.5, 0.6) is 5.75 Å². The van der Waals surface area contributed by atoms with Crippen molar-refractivity contribution in [3.05, 3.63) is 63.9 Å². The first kappa shape index (κ1) is 20.7. The van der Waals surface area contributed by atoms with Crippen LogP contribution < -0.4 is 4.74 Å². The number of benzene rings is 1. The second kappa shape index (κ2) is 8.52. The molecular weight excluding hydrogens is 440 g/mol. The van der Waals surface area contributed by atoms with Gasteiger partial charge in [-0.2, -0.15) is 8.42 Å². The SMILES string of the molecule is C=CCN1C(=O)/C(=C/c2cccc(OC)c2)S/C1=N\S(=O)(=O)c1ccc(Cl)s1. The third kappa shape index (κ3) is 4.49. The maximum atomic E-state index is 12.8. The molecule has 0 bridgehead atoms. The predicted molar refractivity (Wildman–Crippen MR) is 114 cm³/mol. The number of amides is 1. The Morgan fingerprint density at radius 1 is 1.32 bits per heavy atom. The lowest BCUT2D eigenvalue weighted by Gasteiger charge is -2.12. The van der Waals surface area contributed by atoms with Crippen LogP contribution in [0.1, 0.15) is 5.56 Å². The Morgan fingerprint density at radius 3 is 2.75 bits per heavy atom. The molecular formula is C18H15ClN2O4S3. The van der Waals surface area contributed by atoms with Gasteiger partial charge in [0.05, 0.1) is 16.4 Å². The van der Waals surface area contributed by atoms with Gasteiger partial charge in [-0.1, -0.05) is 29.8 Å². The highest BCUT2D eigenvalue weighted by Crippen LogP contribution is 2.35. The van der Waals surface area contributed by atoms with Crippen molar-refractivity contribution in [2.75, 3.05) is 13.7 Å². The van der Waals surface area contributed by atoms with Crippen molar-refractivity contribution < 1.29 is 17.9 Å². The van der Waals surface area contributed by atoms with Gasteiger partial charge in [0.25, 0.3) is 15.9 Å². The van der Waals surface area contributed by atoms with E-state index in [0.29, 0.717) is 15.0 Å². The van der Waals surface area contributed by atoms with Gasteiger partial charge >= 0.3 is 0 Å².